The Morgan fingerprint density at radius 1 is 1.35 bits per heavy atom. The van der Waals surface area contributed by atoms with Crippen LogP contribution in [0.2, 0.25) is 0 Å². The highest BCUT2D eigenvalue weighted by atomic mass is 79.9. The van der Waals surface area contributed by atoms with E-state index < -0.39 is 0 Å². The molecule has 0 fully saturated rings. The average Bonchev–Trinajstić information content (AvgIpc) is 2.84. The lowest BCUT2D eigenvalue weighted by molar-refractivity contribution is 0.384. The summed E-state index contributed by atoms with van der Waals surface area (Å²) in [5, 5.41) is 3.44. The fourth-order valence-corrected chi connectivity index (χ4v) is 3.64. The van der Waals surface area contributed by atoms with E-state index in [1.54, 1.807) is 17.4 Å². The molecule has 1 aromatic carbocycles. The Morgan fingerprint density at radius 2 is 2.15 bits per heavy atom. The monoisotopic (exact) mass is 357 g/mol. The third-order valence-corrected chi connectivity index (χ3v) is 4.71. The first kappa shape index (κ1) is 15.5. The lowest BCUT2D eigenvalue weighted by Gasteiger charge is -2.18. The summed E-state index contributed by atoms with van der Waals surface area (Å²) >= 11 is 5.20. The SMILES string of the molecule is CCNC(Cc1ccc(Br)s1)c1ccc(F)c(OC)c1. The van der Waals surface area contributed by atoms with E-state index in [9.17, 15) is 4.39 Å². The maximum atomic E-state index is 13.5. The normalized spacial score (nSPS) is 12.4. The van der Waals surface area contributed by atoms with Gasteiger partial charge in [0.05, 0.1) is 10.9 Å². The molecule has 20 heavy (non-hydrogen) atoms. The molecule has 0 saturated heterocycles. The predicted octanol–water partition coefficient (Wildman–Crippen LogP) is 4.55. The zero-order valence-corrected chi connectivity index (χ0v) is 13.9. The van der Waals surface area contributed by atoms with Crippen LogP contribution in [0.25, 0.3) is 0 Å². The summed E-state index contributed by atoms with van der Waals surface area (Å²) in [6, 6.07) is 9.36. The first-order valence-corrected chi connectivity index (χ1v) is 8.06. The molecule has 0 saturated carbocycles. The molecule has 108 valence electrons. The zero-order valence-electron chi connectivity index (χ0n) is 11.5. The van der Waals surface area contributed by atoms with E-state index in [-0.39, 0.29) is 17.6 Å². The van der Waals surface area contributed by atoms with E-state index in [1.165, 1.54) is 18.1 Å². The van der Waals surface area contributed by atoms with Crippen molar-refractivity contribution in [3.63, 3.8) is 0 Å². The van der Waals surface area contributed by atoms with Crippen LogP contribution in [0.1, 0.15) is 23.4 Å². The fourth-order valence-electron chi connectivity index (χ4n) is 2.11. The zero-order chi connectivity index (χ0) is 14.5. The van der Waals surface area contributed by atoms with Crippen LogP contribution in [0, 0.1) is 5.82 Å². The number of rotatable bonds is 6. The van der Waals surface area contributed by atoms with Gasteiger partial charge in [0.15, 0.2) is 11.6 Å². The average molecular weight is 358 g/mol. The number of ether oxygens (including phenoxy) is 1. The number of hydrogen-bond acceptors (Lipinski definition) is 3. The van der Waals surface area contributed by atoms with Gasteiger partial charge in [0, 0.05) is 17.3 Å². The molecular formula is C15H17BrFNOS. The second-order valence-corrected chi connectivity index (χ2v) is 6.96. The summed E-state index contributed by atoms with van der Waals surface area (Å²) in [6.07, 6.45) is 0.874. The molecule has 1 heterocycles. The van der Waals surface area contributed by atoms with Crippen LogP contribution in [0.5, 0.6) is 5.75 Å². The Balaban J connectivity index is 2.23. The van der Waals surface area contributed by atoms with Crippen molar-refractivity contribution in [1.82, 2.24) is 5.32 Å². The molecule has 0 bridgehead atoms. The second kappa shape index (κ2) is 7.20. The molecule has 2 nitrogen and oxygen atoms in total. The molecular weight excluding hydrogens is 341 g/mol. The first-order chi connectivity index (χ1) is 9.63. The van der Waals surface area contributed by atoms with E-state index in [4.69, 9.17) is 4.74 Å². The van der Waals surface area contributed by atoms with Gasteiger partial charge in [-0.1, -0.05) is 13.0 Å². The molecule has 1 unspecified atom stereocenters. The van der Waals surface area contributed by atoms with Gasteiger partial charge < -0.3 is 10.1 Å². The summed E-state index contributed by atoms with van der Waals surface area (Å²) in [5.41, 5.74) is 1.04. The van der Waals surface area contributed by atoms with Gasteiger partial charge in [0.1, 0.15) is 0 Å². The standard InChI is InChI=1S/C15H17BrFNOS/c1-3-18-13(9-11-5-7-15(16)20-11)10-4-6-12(17)14(8-10)19-2/h4-8,13,18H,3,9H2,1-2H3. The van der Waals surface area contributed by atoms with Crippen molar-refractivity contribution in [2.24, 2.45) is 0 Å². The van der Waals surface area contributed by atoms with Crippen molar-refractivity contribution in [3.05, 3.63) is 50.4 Å². The molecule has 0 radical (unpaired) electrons. The van der Waals surface area contributed by atoms with Crippen LogP contribution >= 0.6 is 27.3 Å². The number of methoxy groups -OCH3 is 1. The summed E-state index contributed by atoms with van der Waals surface area (Å²) in [5.74, 6) is -0.0388. The Hall–Kier alpha value is -0.910. The van der Waals surface area contributed by atoms with Gasteiger partial charge >= 0.3 is 0 Å². The highest BCUT2D eigenvalue weighted by Crippen LogP contribution is 2.29. The molecule has 1 aromatic heterocycles. The summed E-state index contributed by atoms with van der Waals surface area (Å²) in [4.78, 5) is 1.28. The molecule has 2 aromatic rings. The Kier molecular flexibility index (Phi) is 5.57. The topological polar surface area (TPSA) is 21.3 Å². The maximum absolute atomic E-state index is 13.5. The van der Waals surface area contributed by atoms with Gasteiger partial charge in [-0.15, -0.1) is 11.3 Å². The molecule has 0 amide bonds. The van der Waals surface area contributed by atoms with E-state index in [0.717, 1.165) is 22.3 Å². The van der Waals surface area contributed by atoms with E-state index >= 15 is 0 Å². The van der Waals surface area contributed by atoms with Crippen LogP contribution in [0.3, 0.4) is 0 Å². The molecule has 0 aliphatic heterocycles. The molecule has 0 spiro atoms. The number of thiophene rings is 1. The highest BCUT2D eigenvalue weighted by molar-refractivity contribution is 9.11. The maximum Gasteiger partial charge on any atom is 0.165 e. The minimum Gasteiger partial charge on any atom is -0.494 e. The van der Waals surface area contributed by atoms with Gasteiger partial charge in [0.25, 0.3) is 0 Å². The second-order valence-electron chi connectivity index (χ2n) is 4.41. The molecule has 0 aliphatic carbocycles. The minimum absolute atomic E-state index is 0.153. The summed E-state index contributed by atoms with van der Waals surface area (Å²) < 4.78 is 19.7. The molecule has 0 aliphatic rings. The summed E-state index contributed by atoms with van der Waals surface area (Å²) in [7, 11) is 1.49. The van der Waals surface area contributed by atoms with Crippen molar-refractivity contribution >= 4 is 27.3 Å². The largest absolute Gasteiger partial charge is 0.494 e. The van der Waals surface area contributed by atoms with Crippen molar-refractivity contribution in [1.29, 1.82) is 0 Å². The smallest absolute Gasteiger partial charge is 0.165 e. The molecule has 1 N–H and O–H groups in total. The number of nitrogens with one attached hydrogen (secondary N) is 1. The third kappa shape index (κ3) is 3.81. The van der Waals surface area contributed by atoms with Crippen molar-refractivity contribution in [2.45, 2.75) is 19.4 Å². The summed E-state index contributed by atoms with van der Waals surface area (Å²) in [6.45, 7) is 2.93. The number of halogens is 2. The van der Waals surface area contributed by atoms with Crippen molar-refractivity contribution in [2.75, 3.05) is 13.7 Å². The van der Waals surface area contributed by atoms with E-state index in [1.807, 2.05) is 12.1 Å². The van der Waals surface area contributed by atoms with Gasteiger partial charge in [-0.05, 0) is 52.3 Å². The third-order valence-electron chi connectivity index (χ3n) is 3.06. The Morgan fingerprint density at radius 3 is 2.75 bits per heavy atom. The van der Waals surface area contributed by atoms with Gasteiger partial charge in [0.2, 0.25) is 0 Å². The van der Waals surface area contributed by atoms with Gasteiger partial charge in [-0.2, -0.15) is 0 Å². The molecule has 1 atom stereocenters. The van der Waals surface area contributed by atoms with Gasteiger partial charge in [-0.25, -0.2) is 4.39 Å². The van der Waals surface area contributed by atoms with Crippen molar-refractivity contribution < 1.29 is 9.13 Å². The Bertz CT molecular complexity index is 573. The van der Waals surface area contributed by atoms with Crippen molar-refractivity contribution in [3.8, 4) is 5.75 Å². The highest BCUT2D eigenvalue weighted by Gasteiger charge is 2.15. The van der Waals surface area contributed by atoms with Gasteiger partial charge in [-0.3, -0.25) is 0 Å². The van der Waals surface area contributed by atoms with Crippen LogP contribution in [0.15, 0.2) is 34.1 Å². The predicted molar refractivity (Wildman–Crippen MR) is 85.1 cm³/mol. The van der Waals surface area contributed by atoms with Crippen LogP contribution in [-0.4, -0.2) is 13.7 Å². The lowest BCUT2D eigenvalue weighted by atomic mass is 10.0. The Labute approximate surface area is 131 Å². The van der Waals surface area contributed by atoms with Crippen LogP contribution in [-0.2, 0) is 6.42 Å². The van der Waals surface area contributed by atoms with E-state index in [2.05, 4.69) is 34.2 Å². The van der Waals surface area contributed by atoms with Crippen LogP contribution in [0.4, 0.5) is 4.39 Å². The van der Waals surface area contributed by atoms with Crippen LogP contribution < -0.4 is 10.1 Å². The first-order valence-electron chi connectivity index (χ1n) is 6.45. The van der Waals surface area contributed by atoms with E-state index in [0.29, 0.717) is 0 Å². The number of likely N-dealkylation sites (N-methyl/N-ethyl adjacent to an activating group) is 1. The minimum atomic E-state index is -0.328. The molecule has 5 heteroatoms. The quantitative estimate of drug-likeness (QED) is 0.818. The molecule has 2 rings (SSSR count). The fraction of sp³-hybridized carbons (Fsp3) is 0.333. The lowest BCUT2D eigenvalue weighted by Crippen LogP contribution is -2.22. The number of hydrogen-bond donors (Lipinski definition) is 1. The number of benzene rings is 1.